The van der Waals surface area contributed by atoms with Crippen molar-refractivity contribution in [3.05, 3.63) is 58.7 Å². The Labute approximate surface area is 129 Å². The molecule has 3 rings (SSSR count). The van der Waals surface area contributed by atoms with Gasteiger partial charge >= 0.3 is 0 Å². The molecular weight excluding hydrogens is 330 g/mol. The van der Waals surface area contributed by atoms with Crippen LogP contribution in [0.2, 0.25) is 0 Å². The maximum atomic E-state index is 8.98. The van der Waals surface area contributed by atoms with Gasteiger partial charge in [-0.25, -0.2) is 4.98 Å². The summed E-state index contributed by atoms with van der Waals surface area (Å²) in [4.78, 5) is 4.08. The van der Waals surface area contributed by atoms with Crippen LogP contribution in [-0.4, -0.2) is 4.98 Å². The van der Waals surface area contributed by atoms with Crippen molar-refractivity contribution in [2.75, 3.05) is 5.73 Å². The first-order valence-electron chi connectivity index (χ1n) is 6.20. The molecule has 1 heterocycles. The lowest BCUT2D eigenvalue weighted by molar-refractivity contribution is 0.463. The van der Waals surface area contributed by atoms with Crippen molar-refractivity contribution < 1.29 is 4.74 Å². The van der Waals surface area contributed by atoms with E-state index in [9.17, 15) is 0 Å². The predicted molar refractivity (Wildman–Crippen MR) is 85.1 cm³/mol. The van der Waals surface area contributed by atoms with Gasteiger partial charge in [0.25, 0.3) is 0 Å². The van der Waals surface area contributed by atoms with Crippen LogP contribution in [0.15, 0.2) is 53.1 Å². The molecule has 1 aromatic heterocycles. The summed E-state index contributed by atoms with van der Waals surface area (Å²) in [6.45, 7) is 0. The summed E-state index contributed by atoms with van der Waals surface area (Å²) in [5.74, 6) is 0.827. The number of nitrogen functional groups attached to an aromatic ring is 1. The standard InChI is InChI=1S/C16H10BrN3O/c17-14-12-4-2-1-3-10(12)5-6-13(14)21-16-15(19)11(9-18)7-8-20-16/h1-8H,19H2. The van der Waals surface area contributed by atoms with E-state index in [0.717, 1.165) is 15.2 Å². The van der Waals surface area contributed by atoms with Crippen molar-refractivity contribution in [3.8, 4) is 17.7 Å². The van der Waals surface area contributed by atoms with Gasteiger partial charge in [0.05, 0.1) is 10.0 Å². The Morgan fingerprint density at radius 1 is 1.14 bits per heavy atom. The van der Waals surface area contributed by atoms with Gasteiger partial charge in [-0.05, 0) is 38.8 Å². The Morgan fingerprint density at radius 3 is 2.76 bits per heavy atom. The van der Waals surface area contributed by atoms with Crippen LogP contribution in [0.25, 0.3) is 10.8 Å². The van der Waals surface area contributed by atoms with Gasteiger partial charge in [0.2, 0.25) is 5.88 Å². The summed E-state index contributed by atoms with van der Waals surface area (Å²) >= 11 is 3.54. The number of benzene rings is 2. The molecule has 0 aliphatic heterocycles. The van der Waals surface area contributed by atoms with Gasteiger partial charge in [-0.1, -0.05) is 30.3 Å². The van der Waals surface area contributed by atoms with E-state index in [-0.39, 0.29) is 11.6 Å². The fourth-order valence-electron chi connectivity index (χ4n) is 2.03. The molecule has 0 unspecified atom stereocenters. The summed E-state index contributed by atoms with van der Waals surface area (Å²) in [6, 6.07) is 15.3. The van der Waals surface area contributed by atoms with Gasteiger partial charge in [0.1, 0.15) is 17.5 Å². The molecule has 5 heteroatoms. The summed E-state index contributed by atoms with van der Waals surface area (Å²) in [6.07, 6.45) is 1.50. The third kappa shape index (κ3) is 2.41. The van der Waals surface area contributed by atoms with Crippen LogP contribution in [0.4, 0.5) is 5.69 Å². The fraction of sp³-hybridized carbons (Fsp3) is 0. The number of nitrogens with zero attached hydrogens (tertiary/aromatic N) is 2. The van der Waals surface area contributed by atoms with Crippen LogP contribution in [-0.2, 0) is 0 Å². The van der Waals surface area contributed by atoms with Crippen molar-refractivity contribution in [2.45, 2.75) is 0 Å². The second-order valence-corrected chi connectivity index (χ2v) is 5.18. The zero-order valence-electron chi connectivity index (χ0n) is 10.9. The molecule has 21 heavy (non-hydrogen) atoms. The largest absolute Gasteiger partial charge is 0.436 e. The molecule has 4 nitrogen and oxygen atoms in total. The van der Waals surface area contributed by atoms with Crippen LogP contribution in [0.5, 0.6) is 11.6 Å². The van der Waals surface area contributed by atoms with Gasteiger partial charge in [0, 0.05) is 6.20 Å². The quantitative estimate of drug-likeness (QED) is 0.757. The zero-order chi connectivity index (χ0) is 14.8. The Morgan fingerprint density at radius 2 is 1.95 bits per heavy atom. The average molecular weight is 340 g/mol. The predicted octanol–water partition coefficient (Wildman–Crippen LogP) is 4.24. The smallest absolute Gasteiger partial charge is 0.244 e. The molecule has 0 spiro atoms. The zero-order valence-corrected chi connectivity index (χ0v) is 12.5. The highest BCUT2D eigenvalue weighted by Gasteiger charge is 2.12. The van der Waals surface area contributed by atoms with E-state index in [1.165, 1.54) is 6.20 Å². The second-order valence-electron chi connectivity index (χ2n) is 4.39. The Kier molecular flexibility index (Phi) is 3.46. The fourth-order valence-corrected chi connectivity index (χ4v) is 2.60. The highest BCUT2D eigenvalue weighted by atomic mass is 79.9. The molecule has 2 aromatic carbocycles. The van der Waals surface area contributed by atoms with E-state index in [2.05, 4.69) is 20.9 Å². The Hall–Kier alpha value is -2.58. The second kappa shape index (κ2) is 5.43. The highest BCUT2D eigenvalue weighted by molar-refractivity contribution is 9.10. The first-order valence-corrected chi connectivity index (χ1v) is 6.99. The van der Waals surface area contributed by atoms with E-state index < -0.39 is 0 Å². The molecule has 0 amide bonds. The van der Waals surface area contributed by atoms with E-state index in [0.29, 0.717) is 11.3 Å². The summed E-state index contributed by atoms with van der Waals surface area (Å²) < 4.78 is 6.58. The minimum atomic E-state index is 0.227. The van der Waals surface area contributed by atoms with Crippen LogP contribution in [0.1, 0.15) is 5.56 Å². The average Bonchev–Trinajstić information content (AvgIpc) is 2.52. The highest BCUT2D eigenvalue weighted by Crippen LogP contribution is 2.37. The summed E-state index contributed by atoms with van der Waals surface area (Å²) in [5.41, 5.74) is 6.46. The monoisotopic (exact) mass is 339 g/mol. The SMILES string of the molecule is N#Cc1ccnc(Oc2ccc3ccccc3c2Br)c1N. The van der Waals surface area contributed by atoms with Gasteiger partial charge in [-0.3, -0.25) is 0 Å². The number of pyridine rings is 1. The molecule has 0 aliphatic rings. The number of hydrogen-bond donors (Lipinski definition) is 1. The molecule has 102 valence electrons. The number of hydrogen-bond acceptors (Lipinski definition) is 4. The van der Waals surface area contributed by atoms with Crippen LogP contribution in [0, 0.1) is 11.3 Å². The van der Waals surface area contributed by atoms with Crippen LogP contribution < -0.4 is 10.5 Å². The van der Waals surface area contributed by atoms with Crippen molar-refractivity contribution in [1.82, 2.24) is 4.98 Å². The van der Waals surface area contributed by atoms with Gasteiger partial charge in [-0.15, -0.1) is 0 Å². The molecular formula is C16H10BrN3O. The van der Waals surface area contributed by atoms with E-state index in [4.69, 9.17) is 15.7 Å². The molecule has 0 radical (unpaired) electrons. The molecule has 0 atom stereocenters. The summed E-state index contributed by atoms with van der Waals surface area (Å²) in [7, 11) is 0. The first-order chi connectivity index (χ1) is 10.2. The van der Waals surface area contributed by atoms with Crippen molar-refractivity contribution in [2.24, 2.45) is 0 Å². The van der Waals surface area contributed by atoms with Gasteiger partial charge in [-0.2, -0.15) is 5.26 Å². The molecule has 0 saturated carbocycles. The van der Waals surface area contributed by atoms with Crippen LogP contribution >= 0.6 is 15.9 Å². The number of fused-ring (bicyclic) bond motifs is 1. The third-order valence-electron chi connectivity index (χ3n) is 3.11. The maximum Gasteiger partial charge on any atom is 0.244 e. The van der Waals surface area contributed by atoms with Crippen molar-refractivity contribution >= 4 is 32.4 Å². The number of rotatable bonds is 2. The topological polar surface area (TPSA) is 71.9 Å². The van der Waals surface area contributed by atoms with E-state index in [1.54, 1.807) is 6.07 Å². The number of nitriles is 1. The minimum absolute atomic E-state index is 0.227. The number of halogens is 1. The molecule has 0 fully saturated rings. The summed E-state index contributed by atoms with van der Waals surface area (Å²) in [5, 5.41) is 11.1. The van der Waals surface area contributed by atoms with Crippen molar-refractivity contribution in [3.63, 3.8) is 0 Å². The van der Waals surface area contributed by atoms with Crippen molar-refractivity contribution in [1.29, 1.82) is 5.26 Å². The molecule has 3 aromatic rings. The Balaban J connectivity index is 2.07. The third-order valence-corrected chi connectivity index (χ3v) is 3.93. The van der Waals surface area contributed by atoms with E-state index >= 15 is 0 Å². The first kappa shape index (κ1) is 13.4. The van der Waals surface area contributed by atoms with E-state index in [1.807, 2.05) is 42.5 Å². The lowest BCUT2D eigenvalue weighted by atomic mass is 10.1. The molecule has 0 aliphatic carbocycles. The number of nitrogens with two attached hydrogens (primary N) is 1. The molecule has 0 bridgehead atoms. The lowest BCUT2D eigenvalue weighted by Crippen LogP contribution is -1.98. The molecule has 2 N–H and O–H groups in total. The molecule has 0 saturated heterocycles. The number of ether oxygens (including phenoxy) is 1. The van der Waals surface area contributed by atoms with Crippen LogP contribution in [0.3, 0.4) is 0 Å². The normalized spacial score (nSPS) is 10.3. The Bertz CT molecular complexity index is 871. The van der Waals surface area contributed by atoms with Gasteiger partial charge < -0.3 is 10.5 Å². The maximum absolute atomic E-state index is 8.98. The number of aromatic nitrogens is 1. The number of anilines is 1. The lowest BCUT2D eigenvalue weighted by Gasteiger charge is -2.11. The minimum Gasteiger partial charge on any atom is -0.436 e. The van der Waals surface area contributed by atoms with Gasteiger partial charge in [0.15, 0.2) is 0 Å².